The molecule has 2 rings (SSSR count). The van der Waals surface area contributed by atoms with Crippen molar-refractivity contribution in [2.75, 3.05) is 45.7 Å². The first-order valence-electron chi connectivity index (χ1n) is 7.91. The Morgan fingerprint density at radius 3 is 2.76 bits per heavy atom. The van der Waals surface area contributed by atoms with Crippen molar-refractivity contribution in [2.24, 2.45) is 0 Å². The second-order valence-electron chi connectivity index (χ2n) is 5.89. The molecule has 0 spiro atoms. The number of hydrogen-bond acceptors (Lipinski definition) is 4. The Balaban J connectivity index is 2.34. The van der Waals surface area contributed by atoms with Gasteiger partial charge in [0, 0.05) is 43.0 Å². The minimum absolute atomic E-state index is 0.274. The predicted octanol–water partition coefficient (Wildman–Crippen LogP) is 2.51. The van der Waals surface area contributed by atoms with Gasteiger partial charge in [0.15, 0.2) is 0 Å². The van der Waals surface area contributed by atoms with Gasteiger partial charge in [0.05, 0.1) is 7.11 Å². The maximum Gasteiger partial charge on any atom is 0.125 e. The molecule has 1 aromatic rings. The smallest absolute Gasteiger partial charge is 0.125 e. The maximum atomic E-state index is 5.60. The van der Waals surface area contributed by atoms with Crippen LogP contribution in [0.15, 0.2) is 18.2 Å². The van der Waals surface area contributed by atoms with Gasteiger partial charge >= 0.3 is 0 Å². The zero-order valence-corrected chi connectivity index (χ0v) is 14.0. The SMILES string of the molecule is CCC1CN(c2cccc(OC)c2C(C)NC)CCN1C. The molecule has 1 N–H and O–H groups in total. The van der Waals surface area contributed by atoms with Crippen molar-refractivity contribution in [2.45, 2.75) is 32.4 Å². The van der Waals surface area contributed by atoms with Crippen molar-refractivity contribution < 1.29 is 4.74 Å². The molecule has 2 atom stereocenters. The monoisotopic (exact) mass is 291 g/mol. The van der Waals surface area contributed by atoms with E-state index in [1.807, 2.05) is 7.05 Å². The standard InChI is InChI=1S/C17H29N3O/c1-6-14-12-20(11-10-19(14)4)15-8-7-9-16(21-5)17(15)13(2)18-3/h7-9,13-14,18H,6,10-12H2,1-5H3. The largest absolute Gasteiger partial charge is 0.496 e. The third-order valence-electron chi connectivity index (χ3n) is 4.72. The van der Waals surface area contributed by atoms with E-state index in [0.717, 1.165) is 25.4 Å². The van der Waals surface area contributed by atoms with E-state index in [9.17, 15) is 0 Å². The van der Waals surface area contributed by atoms with Crippen LogP contribution in [0.1, 0.15) is 31.9 Å². The highest BCUT2D eigenvalue weighted by molar-refractivity contribution is 5.61. The molecule has 0 amide bonds. The molecule has 4 nitrogen and oxygen atoms in total. The van der Waals surface area contributed by atoms with Gasteiger partial charge in [-0.05, 0) is 39.6 Å². The molecule has 0 aliphatic carbocycles. The van der Waals surface area contributed by atoms with E-state index >= 15 is 0 Å². The number of anilines is 1. The Kier molecular flexibility index (Phi) is 5.48. The van der Waals surface area contributed by atoms with Crippen molar-refractivity contribution in [3.8, 4) is 5.75 Å². The summed E-state index contributed by atoms with van der Waals surface area (Å²) >= 11 is 0. The van der Waals surface area contributed by atoms with Crippen LogP contribution in [0.25, 0.3) is 0 Å². The Morgan fingerprint density at radius 2 is 2.14 bits per heavy atom. The summed E-state index contributed by atoms with van der Waals surface area (Å²) in [5.41, 5.74) is 2.57. The van der Waals surface area contributed by atoms with E-state index in [2.05, 4.69) is 54.2 Å². The van der Waals surface area contributed by atoms with Gasteiger partial charge in [-0.25, -0.2) is 0 Å². The summed E-state index contributed by atoms with van der Waals surface area (Å²) in [5.74, 6) is 0.973. The minimum Gasteiger partial charge on any atom is -0.496 e. The summed E-state index contributed by atoms with van der Waals surface area (Å²) in [4.78, 5) is 4.98. The highest BCUT2D eigenvalue weighted by Crippen LogP contribution is 2.35. The van der Waals surface area contributed by atoms with Crippen molar-refractivity contribution in [1.29, 1.82) is 0 Å². The number of rotatable bonds is 5. The molecule has 1 saturated heterocycles. The molecule has 1 aliphatic heterocycles. The van der Waals surface area contributed by atoms with Crippen molar-refractivity contribution in [3.05, 3.63) is 23.8 Å². The summed E-state index contributed by atoms with van der Waals surface area (Å²) in [6.07, 6.45) is 1.19. The molecule has 0 radical (unpaired) electrons. The fraction of sp³-hybridized carbons (Fsp3) is 0.647. The summed E-state index contributed by atoms with van der Waals surface area (Å²) in [6, 6.07) is 7.28. The van der Waals surface area contributed by atoms with Crippen LogP contribution in [-0.4, -0.2) is 51.8 Å². The van der Waals surface area contributed by atoms with Gasteiger partial charge in [-0.1, -0.05) is 13.0 Å². The zero-order chi connectivity index (χ0) is 15.4. The summed E-state index contributed by atoms with van der Waals surface area (Å²) < 4.78 is 5.60. The third kappa shape index (κ3) is 3.33. The molecule has 2 unspecified atom stereocenters. The van der Waals surface area contributed by atoms with E-state index < -0.39 is 0 Å². The first kappa shape index (κ1) is 16.1. The average Bonchev–Trinajstić information content (AvgIpc) is 2.53. The summed E-state index contributed by atoms with van der Waals surface area (Å²) in [6.45, 7) is 7.73. The fourth-order valence-electron chi connectivity index (χ4n) is 3.17. The number of hydrogen-bond donors (Lipinski definition) is 1. The molecule has 0 saturated carbocycles. The van der Waals surface area contributed by atoms with Gasteiger partial charge in [0.25, 0.3) is 0 Å². The fourth-order valence-corrected chi connectivity index (χ4v) is 3.17. The molecule has 0 aromatic heterocycles. The molecule has 4 heteroatoms. The van der Waals surface area contributed by atoms with Gasteiger partial charge in [-0.3, -0.25) is 4.90 Å². The second kappa shape index (κ2) is 7.14. The molecule has 1 fully saturated rings. The van der Waals surface area contributed by atoms with Crippen LogP contribution in [-0.2, 0) is 0 Å². The Labute approximate surface area is 129 Å². The van der Waals surface area contributed by atoms with Gasteiger partial charge in [0.1, 0.15) is 5.75 Å². The minimum atomic E-state index is 0.274. The van der Waals surface area contributed by atoms with E-state index in [1.165, 1.54) is 17.7 Å². The van der Waals surface area contributed by atoms with E-state index in [1.54, 1.807) is 7.11 Å². The van der Waals surface area contributed by atoms with E-state index in [0.29, 0.717) is 6.04 Å². The topological polar surface area (TPSA) is 27.7 Å². The van der Waals surface area contributed by atoms with Crippen LogP contribution in [0.5, 0.6) is 5.75 Å². The predicted molar refractivity (Wildman–Crippen MR) is 89.4 cm³/mol. The van der Waals surface area contributed by atoms with E-state index in [4.69, 9.17) is 4.74 Å². The second-order valence-corrected chi connectivity index (χ2v) is 5.89. The molecular formula is C17H29N3O. The molecular weight excluding hydrogens is 262 g/mol. The van der Waals surface area contributed by atoms with Crippen LogP contribution < -0.4 is 15.0 Å². The number of nitrogens with zero attached hydrogens (tertiary/aromatic N) is 2. The van der Waals surface area contributed by atoms with Crippen LogP contribution in [0, 0.1) is 0 Å². The van der Waals surface area contributed by atoms with E-state index in [-0.39, 0.29) is 6.04 Å². The van der Waals surface area contributed by atoms with Crippen molar-refractivity contribution in [3.63, 3.8) is 0 Å². The first-order valence-corrected chi connectivity index (χ1v) is 7.91. The van der Waals surface area contributed by atoms with Gasteiger partial charge in [-0.2, -0.15) is 0 Å². The molecule has 1 aromatic carbocycles. The highest BCUT2D eigenvalue weighted by atomic mass is 16.5. The molecule has 1 aliphatic rings. The summed E-state index contributed by atoms with van der Waals surface area (Å²) in [7, 11) is 5.98. The Morgan fingerprint density at radius 1 is 1.38 bits per heavy atom. The van der Waals surface area contributed by atoms with Crippen LogP contribution in [0.3, 0.4) is 0 Å². The lowest BCUT2D eigenvalue weighted by Crippen LogP contribution is -2.51. The quantitative estimate of drug-likeness (QED) is 0.902. The Bertz CT molecular complexity index is 463. The van der Waals surface area contributed by atoms with Crippen molar-refractivity contribution in [1.82, 2.24) is 10.2 Å². The Hall–Kier alpha value is -1.26. The van der Waals surface area contributed by atoms with Gasteiger partial charge < -0.3 is 15.0 Å². The summed E-state index contributed by atoms with van der Waals surface area (Å²) in [5, 5.41) is 3.35. The lowest BCUT2D eigenvalue weighted by atomic mass is 10.0. The molecule has 118 valence electrons. The number of benzene rings is 1. The maximum absolute atomic E-state index is 5.60. The normalized spacial score (nSPS) is 21.4. The number of nitrogens with one attached hydrogen (secondary N) is 1. The van der Waals surface area contributed by atoms with Gasteiger partial charge in [-0.15, -0.1) is 0 Å². The number of methoxy groups -OCH3 is 1. The lowest BCUT2D eigenvalue weighted by molar-refractivity contribution is 0.213. The van der Waals surface area contributed by atoms with Crippen LogP contribution >= 0.6 is 0 Å². The first-order chi connectivity index (χ1) is 10.1. The number of ether oxygens (including phenoxy) is 1. The zero-order valence-electron chi connectivity index (χ0n) is 14.0. The average molecular weight is 291 g/mol. The van der Waals surface area contributed by atoms with Crippen molar-refractivity contribution >= 4 is 5.69 Å². The molecule has 1 heterocycles. The van der Waals surface area contributed by atoms with Crippen LogP contribution in [0.2, 0.25) is 0 Å². The molecule has 21 heavy (non-hydrogen) atoms. The lowest BCUT2D eigenvalue weighted by Gasteiger charge is -2.41. The number of likely N-dealkylation sites (N-methyl/N-ethyl adjacent to an activating group) is 1. The van der Waals surface area contributed by atoms with Crippen LogP contribution in [0.4, 0.5) is 5.69 Å². The third-order valence-corrected chi connectivity index (χ3v) is 4.72. The number of piperazine rings is 1. The highest BCUT2D eigenvalue weighted by Gasteiger charge is 2.26. The molecule has 0 bridgehead atoms. The van der Waals surface area contributed by atoms with Gasteiger partial charge in [0.2, 0.25) is 0 Å².